The summed E-state index contributed by atoms with van der Waals surface area (Å²) in [5.41, 5.74) is 0. The van der Waals surface area contributed by atoms with Crippen molar-refractivity contribution < 1.29 is 0 Å². The van der Waals surface area contributed by atoms with Gasteiger partial charge < -0.3 is 0 Å². The quantitative estimate of drug-likeness (QED) is 0.743. The number of thiol groups is 1. The lowest BCUT2D eigenvalue weighted by Gasteiger charge is -2.40. The molecule has 1 aliphatic carbocycles. The van der Waals surface area contributed by atoms with Crippen LogP contribution in [0.1, 0.15) is 19.3 Å². The smallest absolute Gasteiger partial charge is 0.0295 e. The summed E-state index contributed by atoms with van der Waals surface area (Å²) in [4.78, 5) is 1.39. The number of hydrogen-bond donors (Lipinski definition) is 1. The third-order valence-electron chi connectivity index (χ3n) is 2.63. The maximum absolute atomic E-state index is 4.44. The van der Waals surface area contributed by atoms with Gasteiger partial charge in [-0.15, -0.1) is 11.8 Å². The Morgan fingerprint density at radius 3 is 2.38 bits per heavy atom. The Hall–Kier alpha value is -0.0800. The Labute approximate surface area is 89.5 Å². The molecule has 13 heavy (non-hydrogen) atoms. The van der Waals surface area contributed by atoms with Gasteiger partial charge in [0.15, 0.2) is 0 Å². The van der Waals surface area contributed by atoms with E-state index in [1.807, 2.05) is 11.8 Å². The van der Waals surface area contributed by atoms with Gasteiger partial charge in [-0.25, -0.2) is 0 Å². The van der Waals surface area contributed by atoms with Crippen molar-refractivity contribution >= 4 is 24.4 Å². The molecule has 0 saturated heterocycles. The highest BCUT2D eigenvalue weighted by Gasteiger charge is 2.36. The molecule has 2 rings (SSSR count). The largest absolute Gasteiger partial charge is 0.178 e. The molecule has 1 aromatic rings. The average Bonchev–Trinajstić information content (AvgIpc) is 2.13. The fourth-order valence-electron chi connectivity index (χ4n) is 1.60. The van der Waals surface area contributed by atoms with Gasteiger partial charge in [-0.3, -0.25) is 0 Å². The highest BCUT2D eigenvalue weighted by Crippen LogP contribution is 2.48. The monoisotopic (exact) mass is 210 g/mol. The summed E-state index contributed by atoms with van der Waals surface area (Å²) < 4.78 is 0.449. The van der Waals surface area contributed by atoms with Gasteiger partial charge in [-0.1, -0.05) is 24.6 Å². The van der Waals surface area contributed by atoms with Gasteiger partial charge in [-0.05, 0) is 25.0 Å². The summed E-state index contributed by atoms with van der Waals surface area (Å²) in [5, 5.41) is 0. The first-order valence-electron chi connectivity index (χ1n) is 4.70. The lowest BCUT2D eigenvalue weighted by molar-refractivity contribution is 0.399. The maximum atomic E-state index is 4.44. The van der Waals surface area contributed by atoms with E-state index in [-0.39, 0.29) is 0 Å². The predicted molar refractivity (Wildman–Crippen MR) is 62.7 cm³/mol. The molecule has 1 saturated carbocycles. The summed E-state index contributed by atoms with van der Waals surface area (Å²) >= 11 is 6.44. The molecular formula is C11H14S2. The van der Waals surface area contributed by atoms with Crippen molar-refractivity contribution in [2.45, 2.75) is 28.9 Å². The van der Waals surface area contributed by atoms with Crippen LogP contribution in [0.2, 0.25) is 0 Å². The number of thioether (sulfide) groups is 1. The Morgan fingerprint density at radius 2 is 1.92 bits per heavy atom. The molecule has 0 unspecified atom stereocenters. The minimum atomic E-state index is 0.449. The highest BCUT2D eigenvalue weighted by molar-refractivity contribution is 8.01. The van der Waals surface area contributed by atoms with Crippen LogP contribution in [0.5, 0.6) is 0 Å². The van der Waals surface area contributed by atoms with Crippen LogP contribution in [-0.4, -0.2) is 10.5 Å². The number of benzene rings is 1. The summed E-state index contributed by atoms with van der Waals surface area (Å²) in [5.74, 6) is 1.01. The van der Waals surface area contributed by atoms with Crippen LogP contribution in [0.4, 0.5) is 0 Å². The highest BCUT2D eigenvalue weighted by atomic mass is 32.2. The molecular weight excluding hydrogens is 196 g/mol. The zero-order valence-electron chi connectivity index (χ0n) is 7.57. The Kier molecular flexibility index (Phi) is 2.89. The van der Waals surface area contributed by atoms with E-state index in [1.165, 1.54) is 24.2 Å². The zero-order chi connectivity index (χ0) is 9.15. The van der Waals surface area contributed by atoms with Crippen LogP contribution >= 0.6 is 24.4 Å². The summed E-state index contributed by atoms with van der Waals surface area (Å²) in [7, 11) is 0. The van der Waals surface area contributed by atoms with E-state index in [1.54, 1.807) is 0 Å². The molecule has 1 fully saturated rings. The molecule has 2 heteroatoms. The summed E-state index contributed by atoms with van der Waals surface area (Å²) in [6.07, 6.45) is 4.03. The van der Waals surface area contributed by atoms with E-state index in [2.05, 4.69) is 43.0 Å². The molecule has 1 aromatic carbocycles. The lowest BCUT2D eigenvalue weighted by Crippen LogP contribution is -2.35. The molecule has 0 heterocycles. The van der Waals surface area contributed by atoms with Crippen molar-refractivity contribution in [1.82, 2.24) is 0 Å². The first-order valence-corrected chi connectivity index (χ1v) is 6.14. The van der Waals surface area contributed by atoms with Gasteiger partial charge in [0.05, 0.1) is 0 Å². The second kappa shape index (κ2) is 3.97. The lowest BCUT2D eigenvalue weighted by atomic mass is 9.86. The molecule has 0 nitrogen and oxygen atoms in total. The molecule has 0 bridgehead atoms. The topological polar surface area (TPSA) is 0 Å². The van der Waals surface area contributed by atoms with Crippen molar-refractivity contribution in [2.75, 3.05) is 5.75 Å². The average molecular weight is 210 g/mol. The molecule has 0 aromatic heterocycles. The van der Waals surface area contributed by atoms with E-state index in [0.717, 1.165) is 5.75 Å². The molecule has 70 valence electrons. The van der Waals surface area contributed by atoms with Gasteiger partial charge in [0.1, 0.15) is 0 Å². The van der Waals surface area contributed by atoms with Crippen molar-refractivity contribution in [3.8, 4) is 0 Å². The van der Waals surface area contributed by atoms with Crippen molar-refractivity contribution in [3.63, 3.8) is 0 Å². The fourth-order valence-corrected chi connectivity index (χ4v) is 3.46. The van der Waals surface area contributed by atoms with Gasteiger partial charge in [-0.2, -0.15) is 12.6 Å². The third-order valence-corrected chi connectivity index (χ3v) is 4.94. The minimum absolute atomic E-state index is 0.449. The molecule has 1 aliphatic rings. The number of hydrogen-bond acceptors (Lipinski definition) is 2. The van der Waals surface area contributed by atoms with E-state index in [4.69, 9.17) is 0 Å². The van der Waals surface area contributed by atoms with E-state index in [9.17, 15) is 0 Å². The van der Waals surface area contributed by atoms with Crippen LogP contribution in [0.25, 0.3) is 0 Å². The van der Waals surface area contributed by atoms with Crippen molar-refractivity contribution in [2.24, 2.45) is 0 Å². The Bertz CT molecular complexity index is 259. The van der Waals surface area contributed by atoms with Crippen LogP contribution in [0.15, 0.2) is 35.2 Å². The van der Waals surface area contributed by atoms with Crippen molar-refractivity contribution in [1.29, 1.82) is 0 Å². The molecule has 0 N–H and O–H groups in total. The second-order valence-electron chi connectivity index (χ2n) is 3.61. The fraction of sp³-hybridized carbons (Fsp3) is 0.455. The SMILES string of the molecule is SCC1(Sc2ccccc2)CCC1. The van der Waals surface area contributed by atoms with Gasteiger partial charge in [0.2, 0.25) is 0 Å². The van der Waals surface area contributed by atoms with Crippen molar-refractivity contribution in [3.05, 3.63) is 30.3 Å². The summed E-state index contributed by atoms with van der Waals surface area (Å²) in [6, 6.07) is 10.7. The third kappa shape index (κ3) is 2.05. The normalized spacial score (nSPS) is 19.5. The van der Waals surface area contributed by atoms with Gasteiger partial charge in [0, 0.05) is 15.4 Å². The first-order chi connectivity index (χ1) is 6.35. The van der Waals surface area contributed by atoms with Crippen LogP contribution < -0.4 is 0 Å². The van der Waals surface area contributed by atoms with Crippen LogP contribution in [0, 0.1) is 0 Å². The number of rotatable bonds is 3. The molecule has 0 amide bonds. The molecule has 0 radical (unpaired) electrons. The standard InChI is InChI=1S/C11H14S2/c12-9-11(7-4-8-11)13-10-5-2-1-3-6-10/h1-3,5-6,12H,4,7-9H2. The Morgan fingerprint density at radius 1 is 1.23 bits per heavy atom. The van der Waals surface area contributed by atoms with Gasteiger partial charge in [0.25, 0.3) is 0 Å². The first kappa shape index (κ1) is 9.47. The van der Waals surface area contributed by atoms with E-state index < -0.39 is 0 Å². The predicted octanol–water partition coefficient (Wildman–Crippen LogP) is 3.63. The second-order valence-corrected chi connectivity index (χ2v) is 5.47. The van der Waals surface area contributed by atoms with Crippen LogP contribution in [0.3, 0.4) is 0 Å². The zero-order valence-corrected chi connectivity index (χ0v) is 9.28. The minimum Gasteiger partial charge on any atom is -0.178 e. The van der Waals surface area contributed by atoms with Gasteiger partial charge >= 0.3 is 0 Å². The van der Waals surface area contributed by atoms with Crippen LogP contribution in [-0.2, 0) is 0 Å². The maximum Gasteiger partial charge on any atom is 0.0295 e. The van der Waals surface area contributed by atoms with E-state index >= 15 is 0 Å². The molecule has 0 atom stereocenters. The molecule has 0 spiro atoms. The Balaban J connectivity index is 2.05. The van der Waals surface area contributed by atoms with E-state index in [0.29, 0.717) is 4.75 Å². The molecule has 0 aliphatic heterocycles. The summed E-state index contributed by atoms with van der Waals surface area (Å²) in [6.45, 7) is 0.